The van der Waals surface area contributed by atoms with Crippen LogP contribution in [0.5, 0.6) is 11.5 Å². The first-order chi connectivity index (χ1) is 11.2. The maximum Gasteiger partial charge on any atom is 0.407 e. The van der Waals surface area contributed by atoms with E-state index in [1.54, 1.807) is 25.1 Å². The van der Waals surface area contributed by atoms with E-state index in [1.165, 1.54) is 0 Å². The van der Waals surface area contributed by atoms with Crippen LogP contribution in [0.4, 0.5) is 10.5 Å². The summed E-state index contributed by atoms with van der Waals surface area (Å²) in [6, 6.07) is 16.3. The van der Waals surface area contributed by atoms with Crippen LogP contribution in [0.3, 0.4) is 0 Å². The van der Waals surface area contributed by atoms with Gasteiger partial charge in [0, 0.05) is 0 Å². The van der Waals surface area contributed by atoms with Gasteiger partial charge >= 0.3 is 6.09 Å². The summed E-state index contributed by atoms with van der Waals surface area (Å²) < 4.78 is 10.4. The molecule has 0 aromatic heterocycles. The van der Waals surface area contributed by atoms with E-state index in [9.17, 15) is 9.59 Å². The Balaban J connectivity index is 1.97. The summed E-state index contributed by atoms with van der Waals surface area (Å²) in [5.74, 6) is 0.809. The highest BCUT2D eigenvalue weighted by atomic mass is 16.5. The quantitative estimate of drug-likeness (QED) is 0.858. The lowest BCUT2D eigenvalue weighted by Crippen LogP contribution is -2.33. The molecule has 0 aliphatic heterocycles. The number of rotatable bonds is 6. The van der Waals surface area contributed by atoms with Crippen LogP contribution in [-0.4, -0.2) is 25.2 Å². The van der Waals surface area contributed by atoms with E-state index in [1.807, 2.05) is 36.4 Å². The summed E-state index contributed by atoms with van der Waals surface area (Å²) in [5.41, 5.74) is 0.520. The number of nitrogens with one attached hydrogen (secondary N) is 2. The van der Waals surface area contributed by atoms with Crippen molar-refractivity contribution >= 4 is 17.7 Å². The lowest BCUT2D eigenvalue weighted by Gasteiger charge is -2.12. The highest BCUT2D eigenvalue weighted by Gasteiger charge is 2.10. The van der Waals surface area contributed by atoms with Gasteiger partial charge in [0.1, 0.15) is 12.3 Å². The van der Waals surface area contributed by atoms with Gasteiger partial charge in [-0.3, -0.25) is 4.79 Å². The number of hydrogen-bond acceptors (Lipinski definition) is 4. The zero-order chi connectivity index (χ0) is 16.5. The molecule has 0 atom stereocenters. The van der Waals surface area contributed by atoms with Crippen LogP contribution in [0.25, 0.3) is 0 Å². The first-order valence-corrected chi connectivity index (χ1v) is 7.21. The first-order valence-electron chi connectivity index (χ1n) is 7.21. The number of benzene rings is 2. The Morgan fingerprint density at radius 3 is 2.43 bits per heavy atom. The van der Waals surface area contributed by atoms with Crippen molar-refractivity contribution in [2.45, 2.75) is 6.92 Å². The van der Waals surface area contributed by atoms with Gasteiger partial charge in [0.15, 0.2) is 5.75 Å². The van der Waals surface area contributed by atoms with E-state index in [0.29, 0.717) is 17.2 Å². The molecule has 2 amide bonds. The number of para-hydroxylation sites is 3. The second-order valence-corrected chi connectivity index (χ2v) is 4.53. The number of carbonyl (C=O) groups excluding carboxylic acids is 2. The fraction of sp³-hybridized carbons (Fsp3) is 0.176. The first kappa shape index (κ1) is 16.4. The summed E-state index contributed by atoms with van der Waals surface area (Å²) in [4.78, 5) is 23.1. The molecule has 6 nitrogen and oxygen atoms in total. The number of hydrogen-bond donors (Lipinski definition) is 2. The van der Waals surface area contributed by atoms with Crippen molar-refractivity contribution in [3.05, 3.63) is 54.6 Å². The van der Waals surface area contributed by atoms with Gasteiger partial charge in [0.05, 0.1) is 12.3 Å². The van der Waals surface area contributed by atoms with Crippen molar-refractivity contribution in [2.24, 2.45) is 0 Å². The van der Waals surface area contributed by atoms with Gasteiger partial charge in [-0.05, 0) is 31.2 Å². The van der Waals surface area contributed by atoms with Gasteiger partial charge in [-0.2, -0.15) is 0 Å². The Morgan fingerprint density at radius 1 is 1.00 bits per heavy atom. The number of amides is 2. The second-order valence-electron chi connectivity index (χ2n) is 4.53. The van der Waals surface area contributed by atoms with Crippen molar-refractivity contribution in [1.82, 2.24) is 5.32 Å². The van der Waals surface area contributed by atoms with Crippen molar-refractivity contribution in [3.63, 3.8) is 0 Å². The summed E-state index contributed by atoms with van der Waals surface area (Å²) in [6.07, 6.45) is -0.628. The molecule has 0 saturated carbocycles. The molecular formula is C17H18N2O4. The Bertz CT molecular complexity index is 659. The molecule has 0 saturated heterocycles. The van der Waals surface area contributed by atoms with E-state index >= 15 is 0 Å². The van der Waals surface area contributed by atoms with Crippen LogP contribution in [0.2, 0.25) is 0 Å². The molecule has 0 aliphatic rings. The van der Waals surface area contributed by atoms with Crippen LogP contribution in [0.1, 0.15) is 6.92 Å². The Kier molecular flexibility index (Phi) is 5.99. The molecule has 120 valence electrons. The summed E-state index contributed by atoms with van der Waals surface area (Å²) in [6.45, 7) is 1.76. The molecular weight excluding hydrogens is 296 g/mol. The third-order valence-electron chi connectivity index (χ3n) is 2.80. The molecule has 0 fully saturated rings. The highest BCUT2D eigenvalue weighted by molar-refractivity contribution is 5.95. The molecule has 23 heavy (non-hydrogen) atoms. The van der Waals surface area contributed by atoms with Crippen LogP contribution >= 0.6 is 0 Å². The third-order valence-corrected chi connectivity index (χ3v) is 2.80. The van der Waals surface area contributed by atoms with E-state index < -0.39 is 6.09 Å². The summed E-state index contributed by atoms with van der Waals surface area (Å²) >= 11 is 0. The molecule has 0 aliphatic carbocycles. The SMILES string of the molecule is CCOC(=O)NCC(=O)Nc1ccccc1Oc1ccccc1. The lowest BCUT2D eigenvalue weighted by atomic mass is 10.3. The molecule has 0 bridgehead atoms. The molecule has 0 unspecified atom stereocenters. The predicted molar refractivity (Wildman–Crippen MR) is 86.6 cm³/mol. The van der Waals surface area contributed by atoms with E-state index in [4.69, 9.17) is 9.47 Å². The normalized spacial score (nSPS) is 9.78. The standard InChI is InChI=1S/C17H18N2O4/c1-2-22-17(21)18-12-16(20)19-14-10-6-7-11-15(14)23-13-8-4-3-5-9-13/h3-11H,2,12H2,1H3,(H,18,21)(H,19,20). The number of carbonyl (C=O) groups is 2. The van der Waals surface area contributed by atoms with Gasteiger partial charge in [0.25, 0.3) is 0 Å². The Morgan fingerprint density at radius 2 is 1.70 bits per heavy atom. The minimum atomic E-state index is -0.628. The van der Waals surface area contributed by atoms with Gasteiger partial charge in [-0.25, -0.2) is 4.79 Å². The van der Waals surface area contributed by atoms with Crippen molar-refractivity contribution in [3.8, 4) is 11.5 Å². The van der Waals surface area contributed by atoms with Crippen molar-refractivity contribution < 1.29 is 19.1 Å². The van der Waals surface area contributed by atoms with Gasteiger partial charge < -0.3 is 20.1 Å². The fourth-order valence-corrected chi connectivity index (χ4v) is 1.80. The van der Waals surface area contributed by atoms with E-state index in [0.717, 1.165) is 0 Å². The minimum absolute atomic E-state index is 0.182. The molecule has 0 spiro atoms. The smallest absolute Gasteiger partial charge is 0.407 e. The fourth-order valence-electron chi connectivity index (χ4n) is 1.80. The van der Waals surface area contributed by atoms with Crippen LogP contribution in [0, 0.1) is 0 Å². The molecule has 2 rings (SSSR count). The van der Waals surface area contributed by atoms with Crippen LogP contribution in [0.15, 0.2) is 54.6 Å². The molecule has 0 radical (unpaired) electrons. The molecule has 2 aromatic rings. The van der Waals surface area contributed by atoms with Gasteiger partial charge in [-0.1, -0.05) is 30.3 Å². The minimum Gasteiger partial charge on any atom is -0.455 e. The topological polar surface area (TPSA) is 76.7 Å². The van der Waals surface area contributed by atoms with E-state index in [2.05, 4.69) is 10.6 Å². The average Bonchev–Trinajstić information content (AvgIpc) is 2.56. The summed E-state index contributed by atoms with van der Waals surface area (Å²) in [7, 11) is 0. The zero-order valence-corrected chi connectivity index (χ0v) is 12.7. The van der Waals surface area contributed by atoms with E-state index in [-0.39, 0.29) is 19.1 Å². The van der Waals surface area contributed by atoms with Crippen molar-refractivity contribution in [1.29, 1.82) is 0 Å². The van der Waals surface area contributed by atoms with Crippen LogP contribution < -0.4 is 15.4 Å². The summed E-state index contributed by atoms with van der Waals surface area (Å²) in [5, 5.41) is 5.05. The van der Waals surface area contributed by atoms with Gasteiger partial charge in [0.2, 0.25) is 5.91 Å². The van der Waals surface area contributed by atoms with Crippen LogP contribution in [-0.2, 0) is 9.53 Å². The Labute approximate surface area is 134 Å². The van der Waals surface area contributed by atoms with Crippen molar-refractivity contribution in [2.75, 3.05) is 18.5 Å². The third kappa shape index (κ3) is 5.35. The molecule has 2 N–H and O–H groups in total. The molecule has 2 aromatic carbocycles. The highest BCUT2D eigenvalue weighted by Crippen LogP contribution is 2.28. The lowest BCUT2D eigenvalue weighted by molar-refractivity contribution is -0.115. The predicted octanol–water partition coefficient (Wildman–Crippen LogP) is 3.16. The average molecular weight is 314 g/mol. The zero-order valence-electron chi connectivity index (χ0n) is 12.7. The largest absolute Gasteiger partial charge is 0.455 e. The molecule has 0 heterocycles. The maximum atomic E-state index is 11.9. The molecule has 6 heteroatoms. The Hall–Kier alpha value is -3.02. The maximum absolute atomic E-state index is 11.9. The second kappa shape index (κ2) is 8.43. The number of anilines is 1. The van der Waals surface area contributed by atoms with Gasteiger partial charge in [-0.15, -0.1) is 0 Å². The monoisotopic (exact) mass is 314 g/mol. The number of alkyl carbamates (subject to hydrolysis) is 1. The number of ether oxygens (including phenoxy) is 2.